The average molecular weight is 244 g/mol. The first-order valence-corrected chi connectivity index (χ1v) is 6.21. The number of amides is 1. The zero-order valence-corrected chi connectivity index (χ0v) is 11.0. The minimum atomic E-state index is -0.845. The average Bonchev–Trinajstić information content (AvgIpc) is 2.24. The van der Waals surface area contributed by atoms with Gasteiger partial charge in [-0.3, -0.25) is 9.59 Å². The van der Waals surface area contributed by atoms with Crippen molar-refractivity contribution >= 4 is 11.9 Å². The van der Waals surface area contributed by atoms with E-state index in [4.69, 9.17) is 0 Å². The van der Waals surface area contributed by atoms with Gasteiger partial charge < -0.3 is 15.7 Å². The van der Waals surface area contributed by atoms with E-state index < -0.39 is 11.5 Å². The highest BCUT2D eigenvalue weighted by molar-refractivity contribution is 5.78. The van der Waals surface area contributed by atoms with Crippen molar-refractivity contribution in [3.63, 3.8) is 0 Å². The van der Waals surface area contributed by atoms with Crippen molar-refractivity contribution in [1.29, 1.82) is 0 Å². The lowest BCUT2D eigenvalue weighted by Crippen LogP contribution is -2.53. The normalized spacial score (nSPS) is 11.2. The molecular weight excluding hydrogens is 220 g/mol. The summed E-state index contributed by atoms with van der Waals surface area (Å²) >= 11 is 0. The van der Waals surface area contributed by atoms with Crippen molar-refractivity contribution in [1.82, 2.24) is 10.6 Å². The van der Waals surface area contributed by atoms with Crippen LogP contribution in [0.25, 0.3) is 0 Å². The van der Waals surface area contributed by atoms with Gasteiger partial charge in [-0.15, -0.1) is 0 Å². The Morgan fingerprint density at radius 3 is 2.00 bits per heavy atom. The Hall–Kier alpha value is -1.10. The van der Waals surface area contributed by atoms with Gasteiger partial charge in [-0.2, -0.15) is 0 Å². The second kappa shape index (κ2) is 8.06. The zero-order chi connectivity index (χ0) is 13.3. The summed E-state index contributed by atoms with van der Waals surface area (Å²) in [6, 6.07) is 0. The van der Waals surface area contributed by atoms with Crippen LogP contribution >= 0.6 is 0 Å². The summed E-state index contributed by atoms with van der Waals surface area (Å²) in [6.07, 6.45) is 2.85. The maximum absolute atomic E-state index is 11.4. The smallest absolute Gasteiger partial charge is 0.323 e. The highest BCUT2D eigenvalue weighted by atomic mass is 16.4. The van der Waals surface area contributed by atoms with Gasteiger partial charge in [0.2, 0.25) is 5.91 Å². The third kappa shape index (κ3) is 5.68. The second-order valence-electron chi connectivity index (χ2n) is 4.30. The van der Waals surface area contributed by atoms with Crippen LogP contribution in [-0.4, -0.2) is 35.6 Å². The molecule has 5 heteroatoms. The van der Waals surface area contributed by atoms with Crippen LogP contribution in [0.3, 0.4) is 0 Å². The number of carbonyl (C=O) groups is 2. The van der Waals surface area contributed by atoms with Crippen LogP contribution in [0.2, 0.25) is 0 Å². The van der Waals surface area contributed by atoms with E-state index in [9.17, 15) is 14.7 Å². The van der Waals surface area contributed by atoms with Gasteiger partial charge in [-0.1, -0.05) is 26.7 Å². The van der Waals surface area contributed by atoms with E-state index in [0.29, 0.717) is 25.9 Å². The highest BCUT2D eigenvalue weighted by Gasteiger charge is 2.35. The third-order valence-electron chi connectivity index (χ3n) is 2.73. The first kappa shape index (κ1) is 15.9. The fraction of sp³-hybridized carbons (Fsp3) is 0.833. The van der Waals surface area contributed by atoms with Crippen LogP contribution in [0.1, 0.15) is 46.5 Å². The van der Waals surface area contributed by atoms with Crippen LogP contribution in [-0.2, 0) is 9.59 Å². The largest absolute Gasteiger partial charge is 0.480 e. The van der Waals surface area contributed by atoms with Gasteiger partial charge >= 0.3 is 5.97 Å². The van der Waals surface area contributed by atoms with Crippen LogP contribution in [0, 0.1) is 0 Å². The SMILES string of the molecule is CCCC(CCC)(NCCNC(C)=O)C(=O)O. The van der Waals surface area contributed by atoms with Gasteiger partial charge in [0, 0.05) is 20.0 Å². The van der Waals surface area contributed by atoms with Crippen LogP contribution < -0.4 is 10.6 Å². The van der Waals surface area contributed by atoms with Crippen LogP contribution in [0.5, 0.6) is 0 Å². The lowest BCUT2D eigenvalue weighted by molar-refractivity contribution is -0.145. The van der Waals surface area contributed by atoms with Crippen LogP contribution in [0.15, 0.2) is 0 Å². The van der Waals surface area contributed by atoms with Gasteiger partial charge in [0.1, 0.15) is 5.54 Å². The Morgan fingerprint density at radius 2 is 1.65 bits per heavy atom. The molecule has 0 aliphatic carbocycles. The molecule has 17 heavy (non-hydrogen) atoms. The Labute approximate surface area is 103 Å². The lowest BCUT2D eigenvalue weighted by Gasteiger charge is -2.30. The van der Waals surface area contributed by atoms with Crippen molar-refractivity contribution in [2.75, 3.05) is 13.1 Å². The molecule has 0 aliphatic heterocycles. The number of carboxylic acids is 1. The Morgan fingerprint density at radius 1 is 1.12 bits per heavy atom. The molecular formula is C12H24N2O3. The summed E-state index contributed by atoms with van der Waals surface area (Å²) < 4.78 is 0. The molecule has 0 aromatic carbocycles. The predicted molar refractivity (Wildman–Crippen MR) is 66.9 cm³/mol. The van der Waals surface area contributed by atoms with Crippen molar-refractivity contribution in [2.45, 2.75) is 52.0 Å². The second-order valence-corrected chi connectivity index (χ2v) is 4.30. The minimum Gasteiger partial charge on any atom is -0.480 e. The Bertz CT molecular complexity index is 248. The summed E-state index contributed by atoms with van der Waals surface area (Å²) in [5, 5.41) is 15.1. The molecule has 0 atom stereocenters. The van der Waals surface area contributed by atoms with E-state index in [0.717, 1.165) is 12.8 Å². The number of carboxylic acid groups (broad SMARTS) is 1. The number of aliphatic carboxylic acids is 1. The topological polar surface area (TPSA) is 78.4 Å². The molecule has 0 aromatic heterocycles. The Balaban J connectivity index is 4.35. The van der Waals surface area contributed by atoms with Crippen molar-refractivity contribution in [3.8, 4) is 0 Å². The summed E-state index contributed by atoms with van der Waals surface area (Å²) in [7, 11) is 0. The quantitative estimate of drug-likeness (QED) is 0.531. The van der Waals surface area contributed by atoms with E-state index in [2.05, 4.69) is 10.6 Å². The number of hydrogen-bond donors (Lipinski definition) is 3. The minimum absolute atomic E-state index is 0.0984. The van der Waals surface area contributed by atoms with Crippen LogP contribution in [0.4, 0.5) is 0 Å². The molecule has 0 saturated carbocycles. The summed E-state index contributed by atoms with van der Waals surface area (Å²) in [5.74, 6) is -0.900. The molecule has 0 rings (SSSR count). The van der Waals surface area contributed by atoms with Gasteiger partial charge in [0.05, 0.1) is 0 Å². The Kier molecular flexibility index (Phi) is 7.54. The molecule has 0 fully saturated rings. The molecule has 3 N–H and O–H groups in total. The number of nitrogens with one attached hydrogen (secondary N) is 2. The molecule has 0 spiro atoms. The van der Waals surface area contributed by atoms with E-state index in [-0.39, 0.29) is 5.91 Å². The molecule has 0 heterocycles. The molecule has 0 aromatic rings. The molecule has 100 valence electrons. The molecule has 0 bridgehead atoms. The highest BCUT2D eigenvalue weighted by Crippen LogP contribution is 2.19. The summed E-state index contributed by atoms with van der Waals surface area (Å²) in [5.41, 5.74) is -0.845. The maximum Gasteiger partial charge on any atom is 0.323 e. The van der Waals surface area contributed by atoms with Gasteiger partial charge in [0.15, 0.2) is 0 Å². The van der Waals surface area contributed by atoms with E-state index in [1.807, 2.05) is 13.8 Å². The lowest BCUT2D eigenvalue weighted by atomic mass is 9.88. The van der Waals surface area contributed by atoms with E-state index >= 15 is 0 Å². The van der Waals surface area contributed by atoms with Gasteiger partial charge in [-0.25, -0.2) is 0 Å². The zero-order valence-electron chi connectivity index (χ0n) is 11.0. The number of carbonyl (C=O) groups excluding carboxylic acids is 1. The molecule has 0 radical (unpaired) electrons. The summed E-state index contributed by atoms with van der Waals surface area (Å²) in [6.45, 7) is 6.33. The first-order valence-electron chi connectivity index (χ1n) is 6.21. The fourth-order valence-electron chi connectivity index (χ4n) is 1.99. The first-order chi connectivity index (χ1) is 7.98. The standard InChI is InChI=1S/C12H24N2O3/c1-4-6-12(7-5-2,11(16)17)14-9-8-13-10(3)15/h14H,4-9H2,1-3H3,(H,13,15)(H,16,17). The third-order valence-corrected chi connectivity index (χ3v) is 2.73. The fourth-order valence-corrected chi connectivity index (χ4v) is 1.99. The van der Waals surface area contributed by atoms with E-state index in [1.54, 1.807) is 0 Å². The van der Waals surface area contributed by atoms with Crippen molar-refractivity contribution < 1.29 is 14.7 Å². The number of rotatable bonds is 9. The molecule has 0 saturated heterocycles. The van der Waals surface area contributed by atoms with Gasteiger partial charge in [-0.05, 0) is 12.8 Å². The molecule has 5 nitrogen and oxygen atoms in total. The summed E-state index contributed by atoms with van der Waals surface area (Å²) in [4.78, 5) is 22.1. The molecule has 0 aliphatic rings. The van der Waals surface area contributed by atoms with Crippen molar-refractivity contribution in [3.05, 3.63) is 0 Å². The number of hydrogen-bond acceptors (Lipinski definition) is 3. The van der Waals surface area contributed by atoms with Crippen molar-refractivity contribution in [2.24, 2.45) is 0 Å². The molecule has 1 amide bonds. The maximum atomic E-state index is 11.4. The molecule has 0 unspecified atom stereocenters. The predicted octanol–water partition coefficient (Wildman–Crippen LogP) is 1.14. The van der Waals surface area contributed by atoms with Gasteiger partial charge in [0.25, 0.3) is 0 Å². The monoisotopic (exact) mass is 244 g/mol. The van der Waals surface area contributed by atoms with E-state index in [1.165, 1.54) is 6.92 Å².